The van der Waals surface area contributed by atoms with Gasteiger partial charge in [-0.1, -0.05) is 11.6 Å². The van der Waals surface area contributed by atoms with Crippen molar-refractivity contribution in [3.05, 3.63) is 15.0 Å². The van der Waals surface area contributed by atoms with Gasteiger partial charge < -0.3 is 4.74 Å². The Labute approximate surface area is 86.5 Å². The van der Waals surface area contributed by atoms with Crippen LogP contribution in [0.5, 0.6) is 0 Å². The average molecular weight is 217 g/mol. The summed E-state index contributed by atoms with van der Waals surface area (Å²) in [5.74, 6) is -0.441. The minimum absolute atomic E-state index is 0.241. The zero-order valence-corrected chi connectivity index (χ0v) is 9.04. The van der Waals surface area contributed by atoms with E-state index in [2.05, 4.69) is 4.98 Å². The van der Waals surface area contributed by atoms with Crippen LogP contribution in [0.15, 0.2) is 0 Å². The second-order valence-corrected chi connectivity index (χ2v) is 3.99. The molecule has 0 radical (unpaired) electrons. The van der Waals surface area contributed by atoms with E-state index in [4.69, 9.17) is 16.3 Å². The fourth-order valence-electron chi connectivity index (χ4n) is 0.820. The number of halogens is 1. The number of thiazole rings is 1. The first-order chi connectivity index (χ1) is 6.19. The molecule has 0 aliphatic carbocycles. The third kappa shape index (κ3) is 2.45. The smallest absolute Gasteiger partial charge is 0.359 e. The maximum Gasteiger partial charge on any atom is 0.359 e. The summed E-state index contributed by atoms with van der Waals surface area (Å²) in [5, 5.41) is 0.855. The highest BCUT2D eigenvalue weighted by Gasteiger charge is 2.16. The lowest BCUT2D eigenvalue weighted by Gasteiger charge is -1.96. The molecule has 1 aromatic rings. The average Bonchev–Trinajstić information content (AvgIpc) is 2.47. The van der Waals surface area contributed by atoms with Gasteiger partial charge >= 0.3 is 5.97 Å². The molecule has 0 aromatic carbocycles. The molecular weight excluding hydrogens is 208 g/mol. The summed E-state index contributed by atoms with van der Waals surface area (Å²) in [6.45, 7) is 2.09. The quantitative estimate of drug-likeness (QED) is 0.562. The lowest BCUT2D eigenvalue weighted by Crippen LogP contribution is -2.05. The maximum atomic E-state index is 11.2. The van der Waals surface area contributed by atoms with E-state index in [1.54, 1.807) is 6.92 Å². The van der Waals surface area contributed by atoms with Gasteiger partial charge in [-0.2, -0.15) is 0 Å². The molecule has 0 aliphatic heterocycles. The zero-order valence-electron chi connectivity index (χ0n) is 7.46. The van der Waals surface area contributed by atoms with E-state index in [0.717, 1.165) is 11.3 Å². The van der Waals surface area contributed by atoms with Crippen molar-refractivity contribution in [2.45, 2.75) is 13.2 Å². The predicted molar refractivity (Wildman–Crippen MR) is 55.3 cm³/mol. The lowest BCUT2D eigenvalue weighted by molar-refractivity contribution is 0.0520. The highest BCUT2D eigenvalue weighted by atomic mass is 35.5. The topological polar surface area (TPSA) is 39.2 Å². The highest BCUT2D eigenvalue weighted by Crippen LogP contribution is 2.24. The van der Waals surface area contributed by atoms with Crippen LogP contribution in [-0.4, -0.2) is 25.4 Å². The largest absolute Gasteiger partial charge is 0.461 e. The molecule has 1 heterocycles. The van der Waals surface area contributed by atoms with Crippen molar-refractivity contribution in [2.24, 2.45) is 0 Å². The number of rotatable bonds is 3. The Morgan fingerprint density at radius 2 is 2.46 bits per heavy atom. The molecule has 70 valence electrons. The van der Waals surface area contributed by atoms with E-state index in [1.165, 1.54) is 11.3 Å². The third-order valence-corrected chi connectivity index (χ3v) is 2.80. The van der Waals surface area contributed by atoms with Crippen molar-refractivity contribution in [2.75, 3.05) is 6.61 Å². The van der Waals surface area contributed by atoms with Crippen molar-refractivity contribution >= 4 is 36.8 Å². The van der Waals surface area contributed by atoms with Crippen molar-refractivity contribution < 1.29 is 9.53 Å². The summed E-state index contributed by atoms with van der Waals surface area (Å²) in [6, 6.07) is 0. The molecule has 1 aromatic heterocycles. The number of aromatic nitrogens is 1. The molecule has 3 nitrogen and oxygen atoms in total. The van der Waals surface area contributed by atoms with E-state index >= 15 is 0 Å². The monoisotopic (exact) mass is 217 g/mol. The minimum atomic E-state index is -0.441. The molecule has 0 fully saturated rings. The molecule has 6 heteroatoms. The molecule has 0 aliphatic rings. The lowest BCUT2D eigenvalue weighted by atomic mass is 10.1. The van der Waals surface area contributed by atoms with Crippen molar-refractivity contribution in [3.63, 3.8) is 0 Å². The Bertz CT molecular complexity index is 315. The fourth-order valence-corrected chi connectivity index (χ4v) is 1.92. The van der Waals surface area contributed by atoms with Gasteiger partial charge in [-0.15, -0.1) is 11.3 Å². The van der Waals surface area contributed by atoms with E-state index < -0.39 is 5.97 Å². The van der Waals surface area contributed by atoms with Crippen LogP contribution in [0.1, 0.15) is 22.4 Å². The zero-order chi connectivity index (χ0) is 9.84. The molecule has 0 unspecified atom stereocenters. The number of hydrogen-bond donors (Lipinski definition) is 0. The van der Waals surface area contributed by atoms with Gasteiger partial charge in [0.25, 0.3) is 0 Å². The summed E-state index contributed by atoms with van der Waals surface area (Å²) in [7, 11) is 1.96. The highest BCUT2D eigenvalue weighted by molar-refractivity contribution is 7.16. The van der Waals surface area contributed by atoms with Crippen molar-refractivity contribution in [3.8, 4) is 0 Å². The van der Waals surface area contributed by atoms with Crippen molar-refractivity contribution in [1.29, 1.82) is 0 Å². The van der Waals surface area contributed by atoms with Gasteiger partial charge in [0.05, 0.1) is 11.6 Å². The molecule has 0 N–H and O–H groups in total. The van der Waals surface area contributed by atoms with Gasteiger partial charge in [-0.25, -0.2) is 9.78 Å². The summed E-state index contributed by atoms with van der Waals surface area (Å²) in [4.78, 5) is 15.3. The molecule has 1 rings (SSSR count). The van der Waals surface area contributed by atoms with Gasteiger partial charge in [0.1, 0.15) is 12.2 Å². The number of nitrogens with zero attached hydrogens (tertiary/aromatic N) is 1. The number of carbonyl (C=O) groups is 1. The van der Waals surface area contributed by atoms with Crippen LogP contribution in [0, 0.1) is 0 Å². The Hall–Kier alpha value is -0.545. The third-order valence-electron chi connectivity index (χ3n) is 1.40. The number of ether oxygens (including phenoxy) is 1. The summed E-state index contributed by atoms with van der Waals surface area (Å²) < 4.78 is 5.20. The summed E-state index contributed by atoms with van der Waals surface area (Å²) in [6.07, 6.45) is 0.782. The number of hydrogen-bond acceptors (Lipinski definition) is 4. The Balaban J connectivity index is 2.87. The van der Waals surface area contributed by atoms with E-state index in [0.29, 0.717) is 10.9 Å². The first-order valence-corrected chi connectivity index (χ1v) is 5.20. The van der Waals surface area contributed by atoms with E-state index in [1.807, 2.05) is 7.85 Å². The van der Waals surface area contributed by atoms with Crippen LogP contribution >= 0.6 is 22.9 Å². The van der Waals surface area contributed by atoms with Gasteiger partial charge in [0.2, 0.25) is 0 Å². The first-order valence-electron chi connectivity index (χ1n) is 4.01. The second-order valence-electron chi connectivity index (χ2n) is 2.30. The van der Waals surface area contributed by atoms with Crippen LogP contribution < -0.4 is 0 Å². The van der Waals surface area contributed by atoms with Crippen LogP contribution in [0.2, 0.25) is 4.34 Å². The summed E-state index contributed by atoms with van der Waals surface area (Å²) in [5.41, 5.74) is 0.241. The van der Waals surface area contributed by atoms with Gasteiger partial charge in [-0.05, 0) is 13.2 Å². The molecule has 0 atom stereocenters. The van der Waals surface area contributed by atoms with Gasteiger partial charge in [0.15, 0.2) is 5.69 Å². The fraction of sp³-hybridized carbons (Fsp3) is 0.429. The van der Waals surface area contributed by atoms with E-state index in [9.17, 15) is 4.79 Å². The Morgan fingerprint density at radius 1 is 1.77 bits per heavy atom. The van der Waals surface area contributed by atoms with E-state index in [-0.39, 0.29) is 5.69 Å². The normalized spacial score (nSPS) is 10.0. The second kappa shape index (κ2) is 4.62. The minimum Gasteiger partial charge on any atom is -0.461 e. The standard InChI is InChI=1S/C7H9BClNO2S/c1-2-12-7(11)5-6(9)13-4(3-8)10-5/h2-3,8H2,1H3. The molecule has 13 heavy (non-hydrogen) atoms. The maximum absolute atomic E-state index is 11.2. The summed E-state index contributed by atoms with van der Waals surface area (Å²) >= 11 is 7.13. The Morgan fingerprint density at radius 3 is 2.92 bits per heavy atom. The van der Waals surface area contributed by atoms with Gasteiger partial charge in [0, 0.05) is 0 Å². The molecule has 0 spiro atoms. The van der Waals surface area contributed by atoms with Crippen LogP contribution in [0.4, 0.5) is 0 Å². The number of carbonyl (C=O) groups excluding carboxylic acids is 1. The van der Waals surface area contributed by atoms with Gasteiger partial charge in [-0.3, -0.25) is 0 Å². The molecule has 0 saturated heterocycles. The molecule has 0 amide bonds. The van der Waals surface area contributed by atoms with Crippen molar-refractivity contribution in [1.82, 2.24) is 4.98 Å². The van der Waals surface area contributed by atoms with Crippen LogP contribution in [-0.2, 0) is 11.1 Å². The SMILES string of the molecule is BCc1nc(C(=O)OCC)c(Cl)s1. The van der Waals surface area contributed by atoms with Crippen LogP contribution in [0.25, 0.3) is 0 Å². The number of esters is 1. The molecule has 0 bridgehead atoms. The predicted octanol–water partition coefficient (Wildman–Crippen LogP) is 1.11. The Kier molecular flexibility index (Phi) is 3.75. The first kappa shape index (κ1) is 10.5. The molecule has 0 saturated carbocycles. The van der Waals surface area contributed by atoms with Crippen LogP contribution in [0.3, 0.4) is 0 Å². The molecular formula is C7H9BClNO2S.